The van der Waals surface area contributed by atoms with Gasteiger partial charge in [-0.25, -0.2) is 4.79 Å². The Kier molecular flexibility index (Phi) is 5.16. The SMILES string of the molecule is CC(C)Cn1c(CNC(=O)O)c(-c2ccccc2)c2cc(O)ccc2c1=O. The maximum Gasteiger partial charge on any atom is 0.404 e. The maximum atomic E-state index is 13.1. The van der Waals surface area contributed by atoms with Crippen LogP contribution in [0.3, 0.4) is 0 Å². The fraction of sp³-hybridized carbons (Fsp3) is 0.238. The van der Waals surface area contributed by atoms with E-state index in [-0.39, 0.29) is 23.8 Å². The number of carboxylic acid groups (broad SMARTS) is 1. The number of nitrogens with zero attached hydrogens (tertiary/aromatic N) is 1. The Balaban J connectivity index is 2.43. The molecular weight excluding hydrogens is 344 g/mol. The molecule has 0 saturated heterocycles. The van der Waals surface area contributed by atoms with Crippen LogP contribution in [0.5, 0.6) is 5.75 Å². The fourth-order valence-electron chi connectivity index (χ4n) is 3.31. The maximum absolute atomic E-state index is 13.1. The molecule has 140 valence electrons. The first-order chi connectivity index (χ1) is 12.9. The minimum Gasteiger partial charge on any atom is -0.508 e. The molecule has 6 nitrogen and oxygen atoms in total. The van der Waals surface area contributed by atoms with E-state index in [0.29, 0.717) is 23.0 Å². The number of rotatable bonds is 5. The Bertz CT molecular complexity index is 1040. The average Bonchev–Trinajstić information content (AvgIpc) is 2.62. The molecule has 1 heterocycles. The second-order valence-electron chi connectivity index (χ2n) is 6.89. The monoisotopic (exact) mass is 366 g/mol. The topological polar surface area (TPSA) is 91.6 Å². The Hall–Kier alpha value is -3.28. The highest BCUT2D eigenvalue weighted by Crippen LogP contribution is 2.33. The number of phenolic OH excluding ortho intramolecular Hbond substituents is 1. The Morgan fingerprint density at radius 2 is 1.81 bits per heavy atom. The molecule has 0 bridgehead atoms. The van der Waals surface area contributed by atoms with Crippen LogP contribution in [-0.4, -0.2) is 20.9 Å². The number of nitrogens with one attached hydrogen (secondary N) is 1. The standard InChI is InChI=1S/C21H22N2O4/c1-13(2)12-23-18(11-22-21(26)27)19(14-6-4-3-5-7-14)17-10-15(24)8-9-16(17)20(23)25/h3-10,13,22,24H,11-12H2,1-2H3,(H,26,27). The molecule has 0 unspecified atom stereocenters. The van der Waals surface area contributed by atoms with Crippen molar-refractivity contribution >= 4 is 16.9 Å². The molecule has 0 atom stereocenters. The van der Waals surface area contributed by atoms with Gasteiger partial charge in [-0.1, -0.05) is 44.2 Å². The molecule has 0 saturated carbocycles. The molecule has 3 N–H and O–H groups in total. The van der Waals surface area contributed by atoms with E-state index in [1.165, 1.54) is 6.07 Å². The fourth-order valence-corrected chi connectivity index (χ4v) is 3.31. The van der Waals surface area contributed by atoms with Crippen LogP contribution in [0.25, 0.3) is 21.9 Å². The third kappa shape index (κ3) is 3.79. The van der Waals surface area contributed by atoms with Gasteiger partial charge in [0.25, 0.3) is 5.56 Å². The lowest BCUT2D eigenvalue weighted by Gasteiger charge is -2.21. The van der Waals surface area contributed by atoms with Crippen LogP contribution in [-0.2, 0) is 13.1 Å². The number of benzene rings is 2. The summed E-state index contributed by atoms with van der Waals surface area (Å²) in [5, 5.41) is 22.6. The Morgan fingerprint density at radius 1 is 1.11 bits per heavy atom. The number of hydrogen-bond acceptors (Lipinski definition) is 3. The number of carbonyl (C=O) groups is 1. The van der Waals surface area contributed by atoms with Crippen LogP contribution in [0.15, 0.2) is 53.3 Å². The molecule has 0 aliphatic rings. The molecular formula is C21H22N2O4. The molecule has 27 heavy (non-hydrogen) atoms. The lowest BCUT2D eigenvalue weighted by Crippen LogP contribution is -2.31. The van der Waals surface area contributed by atoms with Crippen molar-refractivity contribution in [1.29, 1.82) is 0 Å². The van der Waals surface area contributed by atoms with E-state index < -0.39 is 6.09 Å². The van der Waals surface area contributed by atoms with Gasteiger partial charge in [-0.3, -0.25) is 4.79 Å². The number of phenols is 1. The molecule has 0 aliphatic heterocycles. The quantitative estimate of drug-likeness (QED) is 0.640. The van der Waals surface area contributed by atoms with Crippen molar-refractivity contribution in [3.05, 3.63) is 64.6 Å². The van der Waals surface area contributed by atoms with Crippen LogP contribution in [0.2, 0.25) is 0 Å². The normalized spacial score (nSPS) is 11.1. The average molecular weight is 366 g/mol. The molecule has 0 fully saturated rings. The van der Waals surface area contributed by atoms with Gasteiger partial charge in [0.1, 0.15) is 5.75 Å². The molecule has 1 amide bonds. The molecule has 0 spiro atoms. The van der Waals surface area contributed by atoms with Gasteiger partial charge in [0.05, 0.1) is 6.54 Å². The molecule has 6 heteroatoms. The highest BCUT2D eigenvalue weighted by Gasteiger charge is 2.19. The predicted octanol–water partition coefficient (Wildman–Crippen LogP) is 3.80. The van der Waals surface area contributed by atoms with Crippen molar-refractivity contribution in [3.8, 4) is 16.9 Å². The number of fused-ring (bicyclic) bond motifs is 1. The van der Waals surface area contributed by atoms with E-state index in [2.05, 4.69) is 5.32 Å². The molecule has 0 radical (unpaired) electrons. The summed E-state index contributed by atoms with van der Waals surface area (Å²) < 4.78 is 1.64. The molecule has 0 aliphatic carbocycles. The Morgan fingerprint density at radius 3 is 2.44 bits per heavy atom. The number of aromatic nitrogens is 1. The first kappa shape index (κ1) is 18.5. The third-order valence-corrected chi connectivity index (χ3v) is 4.38. The van der Waals surface area contributed by atoms with Gasteiger partial charge in [0, 0.05) is 28.6 Å². The summed E-state index contributed by atoms with van der Waals surface area (Å²) in [5.41, 5.74) is 1.99. The van der Waals surface area contributed by atoms with Crippen LogP contribution >= 0.6 is 0 Å². The highest BCUT2D eigenvalue weighted by molar-refractivity contribution is 5.98. The number of amides is 1. The summed E-state index contributed by atoms with van der Waals surface area (Å²) in [4.78, 5) is 24.2. The van der Waals surface area contributed by atoms with Gasteiger partial charge >= 0.3 is 6.09 Å². The summed E-state index contributed by atoms with van der Waals surface area (Å²) in [5.74, 6) is 0.252. The predicted molar refractivity (Wildman–Crippen MR) is 105 cm³/mol. The van der Waals surface area contributed by atoms with Crippen LogP contribution in [0.1, 0.15) is 19.5 Å². The minimum absolute atomic E-state index is 0.00683. The molecule has 3 aromatic rings. The van der Waals surface area contributed by atoms with Crippen molar-refractivity contribution < 1.29 is 15.0 Å². The lowest BCUT2D eigenvalue weighted by molar-refractivity contribution is 0.193. The summed E-state index contributed by atoms with van der Waals surface area (Å²) in [7, 11) is 0. The van der Waals surface area contributed by atoms with Crippen LogP contribution in [0.4, 0.5) is 4.79 Å². The number of pyridine rings is 1. The van der Waals surface area contributed by atoms with Crippen LogP contribution < -0.4 is 10.9 Å². The zero-order chi connectivity index (χ0) is 19.6. The second kappa shape index (κ2) is 7.53. The van der Waals surface area contributed by atoms with E-state index in [4.69, 9.17) is 5.11 Å². The first-order valence-corrected chi connectivity index (χ1v) is 8.79. The van der Waals surface area contributed by atoms with Gasteiger partial charge in [0.2, 0.25) is 0 Å². The van der Waals surface area contributed by atoms with Crippen molar-refractivity contribution in [3.63, 3.8) is 0 Å². The minimum atomic E-state index is -1.16. The van der Waals surface area contributed by atoms with Gasteiger partial charge in [-0.15, -0.1) is 0 Å². The van der Waals surface area contributed by atoms with Crippen LogP contribution in [0, 0.1) is 5.92 Å². The van der Waals surface area contributed by atoms with Gasteiger partial charge < -0.3 is 20.1 Å². The summed E-state index contributed by atoms with van der Waals surface area (Å²) in [6.07, 6.45) is -1.16. The smallest absolute Gasteiger partial charge is 0.404 e. The third-order valence-electron chi connectivity index (χ3n) is 4.38. The molecule has 2 aromatic carbocycles. The van der Waals surface area contributed by atoms with Crippen molar-refractivity contribution in [2.24, 2.45) is 5.92 Å². The van der Waals surface area contributed by atoms with E-state index in [1.807, 2.05) is 44.2 Å². The van der Waals surface area contributed by atoms with Crippen molar-refractivity contribution in [1.82, 2.24) is 9.88 Å². The zero-order valence-corrected chi connectivity index (χ0v) is 15.3. The van der Waals surface area contributed by atoms with Crippen molar-refractivity contribution in [2.45, 2.75) is 26.9 Å². The number of aromatic hydroxyl groups is 1. The summed E-state index contributed by atoms with van der Waals surface area (Å²) in [6, 6.07) is 14.1. The van der Waals surface area contributed by atoms with Gasteiger partial charge in [-0.05, 0) is 29.7 Å². The second-order valence-corrected chi connectivity index (χ2v) is 6.89. The zero-order valence-electron chi connectivity index (χ0n) is 15.3. The highest BCUT2D eigenvalue weighted by atomic mass is 16.4. The summed E-state index contributed by atoms with van der Waals surface area (Å²) >= 11 is 0. The number of hydrogen-bond donors (Lipinski definition) is 3. The van der Waals surface area contributed by atoms with E-state index >= 15 is 0 Å². The molecule has 1 aromatic heterocycles. The summed E-state index contributed by atoms with van der Waals surface area (Å²) in [6.45, 7) is 4.47. The first-order valence-electron chi connectivity index (χ1n) is 8.79. The lowest BCUT2D eigenvalue weighted by atomic mass is 9.96. The van der Waals surface area contributed by atoms with Gasteiger partial charge in [-0.2, -0.15) is 0 Å². The van der Waals surface area contributed by atoms with Crippen molar-refractivity contribution in [2.75, 3.05) is 0 Å². The van der Waals surface area contributed by atoms with Gasteiger partial charge in [0.15, 0.2) is 0 Å². The van der Waals surface area contributed by atoms with E-state index in [0.717, 1.165) is 11.1 Å². The van der Waals surface area contributed by atoms with E-state index in [9.17, 15) is 14.7 Å². The largest absolute Gasteiger partial charge is 0.508 e. The Labute approximate surface area is 156 Å². The molecule has 3 rings (SSSR count). The van der Waals surface area contributed by atoms with E-state index in [1.54, 1.807) is 16.7 Å².